The van der Waals surface area contributed by atoms with Gasteiger partial charge in [-0.1, -0.05) is 0 Å². The van der Waals surface area contributed by atoms with Crippen LogP contribution in [-0.2, 0) is 24.2 Å². The molecule has 0 aliphatic carbocycles. The van der Waals surface area contributed by atoms with E-state index in [0.717, 1.165) is 6.26 Å². The first-order valence-electron chi connectivity index (χ1n) is 6.07. The maximum Gasteiger partial charge on any atom is 0.305 e. The van der Waals surface area contributed by atoms with Crippen LogP contribution in [0.4, 0.5) is 0 Å². The summed E-state index contributed by atoms with van der Waals surface area (Å²) >= 11 is 0. The summed E-state index contributed by atoms with van der Waals surface area (Å²) in [5, 5.41) is 8.48. The zero-order valence-electron chi connectivity index (χ0n) is 10.9. The Bertz CT molecular complexity index is 424. The molecule has 1 aliphatic heterocycles. The molecule has 1 amide bonds. The fourth-order valence-corrected chi connectivity index (χ4v) is 2.53. The van der Waals surface area contributed by atoms with Crippen molar-refractivity contribution in [1.29, 1.82) is 0 Å². The van der Waals surface area contributed by atoms with Crippen molar-refractivity contribution in [3.05, 3.63) is 0 Å². The van der Waals surface area contributed by atoms with E-state index >= 15 is 0 Å². The summed E-state index contributed by atoms with van der Waals surface area (Å²) in [6.45, 7) is 1.06. The molecule has 0 aromatic heterocycles. The van der Waals surface area contributed by atoms with Gasteiger partial charge in [0.05, 0.1) is 19.1 Å². The zero-order chi connectivity index (χ0) is 14.5. The van der Waals surface area contributed by atoms with Crippen molar-refractivity contribution in [1.82, 2.24) is 4.90 Å². The number of piperidine rings is 1. The van der Waals surface area contributed by atoms with Crippen LogP contribution < -0.4 is 0 Å². The highest BCUT2D eigenvalue weighted by Gasteiger charge is 2.25. The predicted octanol–water partition coefficient (Wildman–Crippen LogP) is -0.487. The van der Waals surface area contributed by atoms with Gasteiger partial charge in [-0.3, -0.25) is 9.59 Å². The van der Waals surface area contributed by atoms with Gasteiger partial charge in [0.15, 0.2) is 9.84 Å². The Hall–Kier alpha value is -1.15. The van der Waals surface area contributed by atoms with Crippen LogP contribution in [0.2, 0.25) is 0 Å². The third-order valence-electron chi connectivity index (χ3n) is 2.85. The lowest BCUT2D eigenvalue weighted by Crippen LogP contribution is -2.43. The SMILES string of the molecule is CS(=O)(=O)CC(=O)N1CCC(OCCC(=O)O)CC1. The summed E-state index contributed by atoms with van der Waals surface area (Å²) in [7, 11) is -3.30. The van der Waals surface area contributed by atoms with E-state index < -0.39 is 21.6 Å². The quantitative estimate of drug-likeness (QED) is 0.709. The second-order valence-corrected chi connectivity index (χ2v) is 6.80. The average Bonchev–Trinajstić information content (AvgIpc) is 2.27. The van der Waals surface area contributed by atoms with E-state index in [1.807, 2.05) is 0 Å². The van der Waals surface area contributed by atoms with Gasteiger partial charge in [0.1, 0.15) is 5.75 Å². The number of ether oxygens (including phenoxy) is 1. The van der Waals surface area contributed by atoms with Crippen molar-refractivity contribution < 1.29 is 27.9 Å². The van der Waals surface area contributed by atoms with E-state index in [1.165, 1.54) is 4.90 Å². The molecule has 19 heavy (non-hydrogen) atoms. The Morgan fingerprint density at radius 1 is 1.32 bits per heavy atom. The number of rotatable bonds is 6. The lowest BCUT2D eigenvalue weighted by atomic mass is 10.1. The molecule has 0 atom stereocenters. The highest BCUT2D eigenvalue weighted by atomic mass is 32.2. The van der Waals surface area contributed by atoms with Gasteiger partial charge in [-0.05, 0) is 12.8 Å². The van der Waals surface area contributed by atoms with Gasteiger partial charge in [-0.25, -0.2) is 8.42 Å². The molecule has 0 spiro atoms. The Kier molecular flexibility index (Phi) is 5.74. The van der Waals surface area contributed by atoms with Crippen molar-refractivity contribution in [2.75, 3.05) is 31.7 Å². The predicted molar refractivity (Wildman–Crippen MR) is 67.5 cm³/mol. The molecule has 7 nitrogen and oxygen atoms in total. The normalized spacial score (nSPS) is 17.4. The minimum atomic E-state index is -3.30. The summed E-state index contributed by atoms with van der Waals surface area (Å²) in [6.07, 6.45) is 2.16. The van der Waals surface area contributed by atoms with E-state index in [9.17, 15) is 18.0 Å². The molecule has 0 unspecified atom stereocenters. The molecule has 0 radical (unpaired) electrons. The van der Waals surface area contributed by atoms with Crippen molar-refractivity contribution in [3.8, 4) is 0 Å². The minimum absolute atomic E-state index is 0.0345. The molecule has 110 valence electrons. The fraction of sp³-hybridized carbons (Fsp3) is 0.818. The Morgan fingerprint density at radius 3 is 2.37 bits per heavy atom. The maximum absolute atomic E-state index is 11.7. The molecule has 1 saturated heterocycles. The number of hydrogen-bond donors (Lipinski definition) is 1. The molecule has 1 aliphatic rings. The van der Waals surface area contributed by atoms with Crippen LogP contribution >= 0.6 is 0 Å². The second kappa shape index (κ2) is 6.85. The summed E-state index contributed by atoms with van der Waals surface area (Å²) in [5.41, 5.74) is 0. The largest absolute Gasteiger partial charge is 0.481 e. The molecule has 0 saturated carbocycles. The summed E-state index contributed by atoms with van der Waals surface area (Å²) in [4.78, 5) is 23.5. The van der Waals surface area contributed by atoms with Crippen LogP contribution in [-0.4, -0.2) is 68.1 Å². The molecular weight excluding hydrogens is 274 g/mol. The molecule has 0 aromatic carbocycles. The topological polar surface area (TPSA) is 101 Å². The van der Waals surface area contributed by atoms with Crippen molar-refractivity contribution in [2.24, 2.45) is 0 Å². The number of likely N-dealkylation sites (tertiary alicyclic amines) is 1. The third kappa shape index (κ3) is 6.53. The number of carbonyl (C=O) groups is 2. The van der Waals surface area contributed by atoms with Crippen LogP contribution in [0.15, 0.2) is 0 Å². The highest BCUT2D eigenvalue weighted by Crippen LogP contribution is 2.14. The first kappa shape index (κ1) is 15.9. The molecule has 8 heteroatoms. The monoisotopic (exact) mass is 293 g/mol. The average molecular weight is 293 g/mol. The van der Waals surface area contributed by atoms with Gasteiger partial charge < -0.3 is 14.7 Å². The van der Waals surface area contributed by atoms with Crippen LogP contribution in [0.5, 0.6) is 0 Å². The molecule has 1 fully saturated rings. The van der Waals surface area contributed by atoms with E-state index in [0.29, 0.717) is 25.9 Å². The summed E-state index contributed by atoms with van der Waals surface area (Å²) in [6, 6.07) is 0. The molecule has 1 heterocycles. The van der Waals surface area contributed by atoms with E-state index in [4.69, 9.17) is 9.84 Å². The van der Waals surface area contributed by atoms with Gasteiger partial charge in [-0.2, -0.15) is 0 Å². The van der Waals surface area contributed by atoms with Gasteiger partial charge in [-0.15, -0.1) is 0 Å². The van der Waals surface area contributed by atoms with Gasteiger partial charge in [0, 0.05) is 19.3 Å². The highest BCUT2D eigenvalue weighted by molar-refractivity contribution is 7.91. The Labute approximate surface area is 112 Å². The number of carboxylic acids is 1. The smallest absolute Gasteiger partial charge is 0.305 e. The molecular formula is C11H19NO6S. The molecule has 1 rings (SSSR count). The fourth-order valence-electron chi connectivity index (χ4n) is 1.90. The molecule has 1 N–H and O–H groups in total. The Morgan fingerprint density at radius 2 is 1.89 bits per heavy atom. The zero-order valence-corrected chi connectivity index (χ0v) is 11.7. The van der Waals surface area contributed by atoms with Crippen molar-refractivity contribution in [2.45, 2.75) is 25.4 Å². The molecule has 0 aromatic rings. The van der Waals surface area contributed by atoms with Crippen molar-refractivity contribution >= 4 is 21.7 Å². The number of nitrogens with zero attached hydrogens (tertiary/aromatic N) is 1. The number of hydrogen-bond acceptors (Lipinski definition) is 5. The van der Waals surface area contributed by atoms with Gasteiger partial charge >= 0.3 is 5.97 Å². The third-order valence-corrected chi connectivity index (χ3v) is 3.62. The standard InChI is InChI=1S/C11H19NO6S/c1-19(16,17)8-10(13)12-5-2-9(3-6-12)18-7-4-11(14)15/h9H,2-8H2,1H3,(H,14,15). The van der Waals surface area contributed by atoms with Gasteiger partial charge in [0.2, 0.25) is 5.91 Å². The first-order valence-corrected chi connectivity index (χ1v) is 8.13. The second-order valence-electron chi connectivity index (χ2n) is 4.66. The lowest BCUT2D eigenvalue weighted by molar-refractivity contribution is -0.139. The first-order chi connectivity index (χ1) is 8.78. The number of amides is 1. The van der Waals surface area contributed by atoms with Gasteiger partial charge in [0.25, 0.3) is 0 Å². The van der Waals surface area contributed by atoms with E-state index in [-0.39, 0.29) is 25.0 Å². The Balaban J connectivity index is 2.28. The van der Waals surface area contributed by atoms with E-state index in [2.05, 4.69) is 0 Å². The van der Waals surface area contributed by atoms with Crippen molar-refractivity contribution in [3.63, 3.8) is 0 Å². The van der Waals surface area contributed by atoms with Crippen LogP contribution in [0.1, 0.15) is 19.3 Å². The number of carbonyl (C=O) groups excluding carboxylic acids is 1. The summed E-state index contributed by atoms with van der Waals surface area (Å²) < 4.78 is 27.4. The number of aliphatic carboxylic acids is 1. The maximum atomic E-state index is 11.7. The van der Waals surface area contributed by atoms with Crippen LogP contribution in [0.3, 0.4) is 0 Å². The number of sulfone groups is 1. The molecule has 0 bridgehead atoms. The van der Waals surface area contributed by atoms with Crippen LogP contribution in [0.25, 0.3) is 0 Å². The number of carboxylic acid groups (broad SMARTS) is 1. The van der Waals surface area contributed by atoms with Crippen LogP contribution in [0, 0.1) is 0 Å². The minimum Gasteiger partial charge on any atom is -0.481 e. The lowest BCUT2D eigenvalue weighted by Gasteiger charge is -2.31. The van der Waals surface area contributed by atoms with E-state index in [1.54, 1.807) is 0 Å². The summed E-state index contributed by atoms with van der Waals surface area (Å²) in [5.74, 6) is -1.75.